The Bertz CT molecular complexity index is 847. The van der Waals surface area contributed by atoms with E-state index in [0.29, 0.717) is 37.5 Å². The van der Waals surface area contributed by atoms with Gasteiger partial charge in [0.2, 0.25) is 0 Å². The molecule has 1 aromatic heterocycles. The second kappa shape index (κ2) is 5.73. The minimum Gasteiger partial charge on any atom is -0.389 e. The molecule has 3 rings (SSSR count). The lowest BCUT2D eigenvalue weighted by Gasteiger charge is -2.11. The molecule has 0 amide bonds. The van der Waals surface area contributed by atoms with Gasteiger partial charge < -0.3 is 11.1 Å². The van der Waals surface area contributed by atoms with Gasteiger partial charge in [-0.2, -0.15) is 8.75 Å². The van der Waals surface area contributed by atoms with Crippen LogP contribution in [-0.2, 0) is 0 Å². The molecule has 0 spiro atoms. The number of nitrogens with zero attached hydrogens (tertiary/aromatic N) is 2. The van der Waals surface area contributed by atoms with Crippen molar-refractivity contribution in [3.05, 3.63) is 45.9 Å². The molecular formula is C13H8Cl2N4S2. The summed E-state index contributed by atoms with van der Waals surface area (Å²) in [5.74, 6) is 0. The van der Waals surface area contributed by atoms with Crippen LogP contribution >= 0.6 is 47.1 Å². The maximum absolute atomic E-state index is 6.25. The first-order valence-electron chi connectivity index (χ1n) is 5.83. The van der Waals surface area contributed by atoms with Crippen molar-refractivity contribution < 1.29 is 0 Å². The van der Waals surface area contributed by atoms with Crippen LogP contribution < -0.4 is 11.1 Å². The summed E-state index contributed by atoms with van der Waals surface area (Å²) in [5, 5.41) is 4.23. The van der Waals surface area contributed by atoms with E-state index in [1.54, 1.807) is 24.3 Å². The average molecular weight is 355 g/mol. The van der Waals surface area contributed by atoms with Crippen LogP contribution in [0, 0.1) is 0 Å². The molecule has 3 N–H and O–H groups in total. The monoisotopic (exact) mass is 354 g/mol. The number of anilines is 2. The number of fused-ring (bicyclic) bond motifs is 1. The number of aromatic nitrogens is 2. The number of rotatable bonds is 3. The first-order valence-corrected chi connectivity index (χ1v) is 7.73. The summed E-state index contributed by atoms with van der Waals surface area (Å²) in [4.78, 5) is 0.298. The van der Waals surface area contributed by atoms with Gasteiger partial charge in [-0.25, -0.2) is 0 Å². The predicted molar refractivity (Wildman–Crippen MR) is 93.0 cm³/mol. The van der Waals surface area contributed by atoms with E-state index in [4.69, 9.17) is 41.2 Å². The van der Waals surface area contributed by atoms with Gasteiger partial charge in [-0.3, -0.25) is 0 Å². The van der Waals surface area contributed by atoms with Gasteiger partial charge in [-0.15, -0.1) is 0 Å². The van der Waals surface area contributed by atoms with Gasteiger partial charge >= 0.3 is 0 Å². The molecule has 0 fully saturated rings. The molecule has 0 saturated heterocycles. The highest BCUT2D eigenvalue weighted by atomic mass is 35.5. The molecule has 106 valence electrons. The normalized spacial score (nSPS) is 10.8. The smallest absolute Gasteiger partial charge is 0.129 e. The van der Waals surface area contributed by atoms with Crippen LogP contribution in [-0.4, -0.2) is 13.7 Å². The van der Waals surface area contributed by atoms with Crippen LogP contribution in [0.5, 0.6) is 0 Å². The Morgan fingerprint density at radius 3 is 2.67 bits per heavy atom. The van der Waals surface area contributed by atoms with E-state index in [2.05, 4.69) is 14.1 Å². The minimum atomic E-state index is 0.298. The minimum absolute atomic E-state index is 0.298. The summed E-state index contributed by atoms with van der Waals surface area (Å²) in [6.45, 7) is 0. The van der Waals surface area contributed by atoms with E-state index in [1.165, 1.54) is 0 Å². The quantitative estimate of drug-likeness (QED) is 0.683. The van der Waals surface area contributed by atoms with Crippen molar-refractivity contribution >= 4 is 74.5 Å². The third-order valence-corrected chi connectivity index (χ3v) is 4.30. The zero-order valence-electron chi connectivity index (χ0n) is 10.4. The van der Waals surface area contributed by atoms with E-state index < -0.39 is 0 Å². The van der Waals surface area contributed by atoms with Crippen molar-refractivity contribution in [1.29, 1.82) is 0 Å². The summed E-state index contributed by atoms with van der Waals surface area (Å²) >= 11 is 18.5. The lowest BCUT2D eigenvalue weighted by Crippen LogP contribution is -2.09. The van der Waals surface area contributed by atoms with Gasteiger partial charge in [-0.05, 0) is 30.3 Å². The number of hydrogen-bond donors (Lipinski definition) is 2. The Hall–Kier alpha value is -1.47. The second-order valence-corrected chi connectivity index (χ2v) is 6.02. The average Bonchev–Trinajstić information content (AvgIpc) is 2.92. The molecule has 0 saturated carbocycles. The van der Waals surface area contributed by atoms with Gasteiger partial charge in [0.1, 0.15) is 16.0 Å². The number of halogens is 2. The van der Waals surface area contributed by atoms with Crippen molar-refractivity contribution in [3.8, 4) is 0 Å². The third kappa shape index (κ3) is 2.80. The molecular weight excluding hydrogens is 347 g/mol. The van der Waals surface area contributed by atoms with Crippen molar-refractivity contribution in [1.82, 2.24) is 8.75 Å². The van der Waals surface area contributed by atoms with Gasteiger partial charge in [0, 0.05) is 5.56 Å². The van der Waals surface area contributed by atoms with Crippen molar-refractivity contribution in [2.75, 3.05) is 5.32 Å². The van der Waals surface area contributed by atoms with Crippen LogP contribution in [0.3, 0.4) is 0 Å². The maximum atomic E-state index is 6.25. The lowest BCUT2D eigenvalue weighted by molar-refractivity contribution is 1.53. The highest BCUT2D eigenvalue weighted by Gasteiger charge is 2.12. The summed E-state index contributed by atoms with van der Waals surface area (Å²) in [7, 11) is 0. The molecule has 2 aromatic carbocycles. The largest absolute Gasteiger partial charge is 0.389 e. The molecule has 21 heavy (non-hydrogen) atoms. The van der Waals surface area contributed by atoms with E-state index in [9.17, 15) is 0 Å². The second-order valence-electron chi connectivity index (χ2n) is 4.24. The van der Waals surface area contributed by atoms with Crippen LogP contribution in [0.1, 0.15) is 5.56 Å². The van der Waals surface area contributed by atoms with E-state index in [0.717, 1.165) is 17.2 Å². The number of hydrogen-bond acceptors (Lipinski definition) is 5. The molecule has 0 atom stereocenters. The van der Waals surface area contributed by atoms with Crippen molar-refractivity contribution in [3.63, 3.8) is 0 Å². The van der Waals surface area contributed by atoms with Crippen molar-refractivity contribution in [2.45, 2.75) is 0 Å². The molecule has 0 unspecified atom stereocenters. The highest BCUT2D eigenvalue weighted by Crippen LogP contribution is 2.34. The van der Waals surface area contributed by atoms with Crippen LogP contribution in [0.4, 0.5) is 11.4 Å². The first kappa shape index (κ1) is 14.5. The fourth-order valence-electron chi connectivity index (χ4n) is 1.85. The Morgan fingerprint density at radius 1 is 1.14 bits per heavy atom. The number of thiocarbonyl (C=S) groups is 1. The summed E-state index contributed by atoms with van der Waals surface area (Å²) in [6.07, 6.45) is 0. The van der Waals surface area contributed by atoms with E-state index in [1.807, 2.05) is 6.07 Å². The Kier molecular flexibility index (Phi) is 3.95. The molecule has 0 radical (unpaired) electrons. The van der Waals surface area contributed by atoms with Gasteiger partial charge in [0.05, 0.1) is 33.1 Å². The molecule has 3 aromatic rings. The van der Waals surface area contributed by atoms with Gasteiger partial charge in [0.25, 0.3) is 0 Å². The molecule has 1 heterocycles. The van der Waals surface area contributed by atoms with E-state index >= 15 is 0 Å². The van der Waals surface area contributed by atoms with Crippen LogP contribution in [0.25, 0.3) is 11.0 Å². The first-order chi connectivity index (χ1) is 10.1. The van der Waals surface area contributed by atoms with Crippen LogP contribution in [0.2, 0.25) is 10.0 Å². The van der Waals surface area contributed by atoms with E-state index in [-0.39, 0.29) is 0 Å². The Labute approximate surface area is 140 Å². The van der Waals surface area contributed by atoms with Gasteiger partial charge in [-0.1, -0.05) is 35.4 Å². The zero-order chi connectivity index (χ0) is 15.0. The standard InChI is InChI=1S/C13H8Cl2N4S2/c14-7-2-4-10-12(19-21-18-10)11(7)17-9-3-1-6(13(16)20)5-8(9)15/h1-5,17H,(H2,16,20). The fourth-order valence-corrected chi connectivity index (χ4v) is 2.95. The summed E-state index contributed by atoms with van der Waals surface area (Å²) < 4.78 is 8.44. The molecule has 4 nitrogen and oxygen atoms in total. The number of nitrogens with one attached hydrogen (secondary N) is 1. The highest BCUT2D eigenvalue weighted by molar-refractivity contribution is 7.80. The molecule has 0 aliphatic carbocycles. The van der Waals surface area contributed by atoms with Gasteiger partial charge in [0.15, 0.2) is 0 Å². The summed E-state index contributed by atoms with van der Waals surface area (Å²) in [6, 6.07) is 8.89. The zero-order valence-corrected chi connectivity index (χ0v) is 13.6. The van der Waals surface area contributed by atoms with Crippen molar-refractivity contribution in [2.24, 2.45) is 5.73 Å². The summed E-state index contributed by atoms with van der Waals surface area (Å²) in [5.41, 5.74) is 9.15. The maximum Gasteiger partial charge on any atom is 0.129 e. The molecule has 0 aliphatic heterocycles. The predicted octanol–water partition coefficient (Wildman–Crippen LogP) is 4.38. The molecule has 0 bridgehead atoms. The lowest BCUT2D eigenvalue weighted by atomic mass is 10.2. The fraction of sp³-hybridized carbons (Fsp3) is 0. The topological polar surface area (TPSA) is 63.8 Å². The molecule has 8 heteroatoms. The Morgan fingerprint density at radius 2 is 1.95 bits per heavy atom. The SMILES string of the molecule is NC(=S)c1ccc(Nc2c(Cl)ccc3nsnc23)c(Cl)c1. The Balaban J connectivity index is 2.04. The number of benzene rings is 2. The number of nitrogens with two attached hydrogens (primary N) is 1. The molecule has 0 aliphatic rings. The van der Waals surface area contributed by atoms with Crippen LogP contribution in [0.15, 0.2) is 30.3 Å². The third-order valence-electron chi connectivity index (χ3n) is 2.89.